The Hall–Kier alpha value is -4.37. The number of carbonyl (C=O) groups excluding carboxylic acids is 2. The summed E-state index contributed by atoms with van der Waals surface area (Å²) in [6.07, 6.45) is 4.13. The largest absolute Gasteiger partial charge is 0.478 e. The molecule has 0 aromatic heterocycles. The summed E-state index contributed by atoms with van der Waals surface area (Å²) in [6.45, 7) is 3.84. The van der Waals surface area contributed by atoms with Crippen molar-refractivity contribution in [3.8, 4) is 11.1 Å². The van der Waals surface area contributed by atoms with E-state index in [1.54, 1.807) is 23.1 Å². The molecular formula is C34H42N4O5. The Labute approximate surface area is 253 Å². The van der Waals surface area contributed by atoms with Gasteiger partial charge in [-0.1, -0.05) is 61.0 Å². The Morgan fingerprint density at radius 1 is 0.930 bits per heavy atom. The van der Waals surface area contributed by atoms with E-state index < -0.39 is 12.1 Å². The van der Waals surface area contributed by atoms with Crippen molar-refractivity contribution in [2.75, 3.05) is 50.4 Å². The van der Waals surface area contributed by atoms with Gasteiger partial charge in [0.1, 0.15) is 6.10 Å². The zero-order valence-electron chi connectivity index (χ0n) is 24.8. The van der Waals surface area contributed by atoms with Gasteiger partial charge >= 0.3 is 12.1 Å². The van der Waals surface area contributed by atoms with Gasteiger partial charge in [-0.15, -0.1) is 0 Å². The van der Waals surface area contributed by atoms with Gasteiger partial charge in [-0.3, -0.25) is 10.1 Å². The second-order valence-corrected chi connectivity index (χ2v) is 10.9. The quantitative estimate of drug-likeness (QED) is 0.193. The number of hydrogen-bond acceptors (Lipinski definition) is 6. The molecule has 228 valence electrons. The summed E-state index contributed by atoms with van der Waals surface area (Å²) in [5.41, 5.74) is 3.76. The number of anilines is 2. The third-order valence-corrected chi connectivity index (χ3v) is 7.74. The lowest BCUT2D eigenvalue weighted by atomic mass is 10.0. The number of hydrogen-bond donors (Lipinski definition) is 3. The lowest BCUT2D eigenvalue weighted by Crippen LogP contribution is -2.42. The number of carbonyl (C=O) groups is 3. The molecule has 3 aromatic rings. The average molecular weight is 587 g/mol. The number of nitrogens with zero attached hydrogens (tertiary/aromatic N) is 2. The van der Waals surface area contributed by atoms with Crippen LogP contribution >= 0.6 is 0 Å². The van der Waals surface area contributed by atoms with E-state index in [2.05, 4.69) is 15.5 Å². The molecule has 0 bridgehead atoms. The first kappa shape index (κ1) is 31.6. The molecule has 4 rings (SSSR count). The van der Waals surface area contributed by atoms with E-state index in [9.17, 15) is 14.4 Å². The van der Waals surface area contributed by atoms with Gasteiger partial charge in [0, 0.05) is 57.4 Å². The molecule has 0 saturated carbocycles. The molecular weight excluding hydrogens is 544 g/mol. The maximum Gasteiger partial charge on any atom is 0.411 e. The molecule has 1 aliphatic heterocycles. The monoisotopic (exact) mass is 586 g/mol. The molecule has 3 aromatic carbocycles. The summed E-state index contributed by atoms with van der Waals surface area (Å²) < 4.78 is 5.74. The number of likely N-dealkylation sites (tertiary alicyclic amines) is 1. The van der Waals surface area contributed by atoms with Crippen LogP contribution in [0, 0.1) is 0 Å². The zero-order chi connectivity index (χ0) is 30.4. The number of ether oxygens (including phenoxy) is 1. The lowest BCUT2D eigenvalue weighted by molar-refractivity contribution is -0.130. The summed E-state index contributed by atoms with van der Waals surface area (Å²) in [4.78, 5) is 40.4. The standard InChI is InChI=1S/C34H42N4O5/c1-37(32(39)17-6-3-9-20-35-28-14-10-13-27(25-28)33(40)41)23-24-38-21-18-29(19-22-38)43-34(42)36-31-16-8-7-15-30(31)26-11-4-2-5-12-26/h2,4-5,7-8,10-16,25,29,35H,3,6,9,17-24H2,1H3,(H,36,42)(H,40,41). The lowest BCUT2D eigenvalue weighted by Gasteiger charge is -2.32. The van der Waals surface area contributed by atoms with E-state index in [-0.39, 0.29) is 17.6 Å². The third-order valence-electron chi connectivity index (χ3n) is 7.74. The van der Waals surface area contributed by atoms with Crippen LogP contribution < -0.4 is 10.6 Å². The van der Waals surface area contributed by atoms with Crippen LogP contribution in [0.25, 0.3) is 11.1 Å². The number of piperidine rings is 1. The van der Waals surface area contributed by atoms with Crippen molar-refractivity contribution >= 4 is 29.3 Å². The Balaban J connectivity index is 1.07. The molecule has 0 atom stereocenters. The number of carboxylic acid groups (broad SMARTS) is 1. The number of benzene rings is 3. The topological polar surface area (TPSA) is 111 Å². The smallest absolute Gasteiger partial charge is 0.411 e. The van der Waals surface area contributed by atoms with Crippen molar-refractivity contribution in [1.82, 2.24) is 9.80 Å². The molecule has 1 heterocycles. The number of carboxylic acids is 1. The fourth-order valence-corrected chi connectivity index (χ4v) is 5.18. The minimum absolute atomic E-state index is 0.130. The maximum absolute atomic E-state index is 12.7. The van der Waals surface area contributed by atoms with Gasteiger partial charge in [0.2, 0.25) is 5.91 Å². The van der Waals surface area contributed by atoms with Gasteiger partial charge in [0.25, 0.3) is 0 Å². The molecule has 0 aliphatic carbocycles. The molecule has 0 spiro atoms. The molecule has 0 radical (unpaired) electrons. The summed E-state index contributed by atoms with van der Waals surface area (Å²) in [7, 11) is 1.85. The molecule has 2 amide bonds. The number of para-hydroxylation sites is 1. The second-order valence-electron chi connectivity index (χ2n) is 10.9. The van der Waals surface area contributed by atoms with E-state index in [4.69, 9.17) is 9.84 Å². The second kappa shape index (κ2) is 16.3. The van der Waals surface area contributed by atoms with Crippen molar-refractivity contribution in [3.63, 3.8) is 0 Å². The molecule has 43 heavy (non-hydrogen) atoms. The van der Waals surface area contributed by atoms with Crippen LogP contribution in [0.2, 0.25) is 0 Å². The highest BCUT2D eigenvalue weighted by Crippen LogP contribution is 2.28. The van der Waals surface area contributed by atoms with E-state index >= 15 is 0 Å². The number of unbranched alkanes of at least 4 members (excludes halogenated alkanes) is 2. The van der Waals surface area contributed by atoms with Crippen molar-refractivity contribution in [1.29, 1.82) is 0 Å². The average Bonchev–Trinajstić information content (AvgIpc) is 3.03. The fourth-order valence-electron chi connectivity index (χ4n) is 5.18. The number of rotatable bonds is 14. The molecule has 1 aliphatic rings. The zero-order valence-corrected chi connectivity index (χ0v) is 24.8. The van der Waals surface area contributed by atoms with Crippen molar-refractivity contribution in [3.05, 3.63) is 84.4 Å². The Bertz CT molecular complexity index is 1340. The van der Waals surface area contributed by atoms with Crippen molar-refractivity contribution in [2.45, 2.75) is 44.6 Å². The van der Waals surface area contributed by atoms with Crippen LogP contribution in [0.4, 0.5) is 16.2 Å². The Kier molecular flexibility index (Phi) is 12.0. The predicted molar refractivity (Wildman–Crippen MR) is 169 cm³/mol. The minimum Gasteiger partial charge on any atom is -0.478 e. The van der Waals surface area contributed by atoms with Gasteiger partial charge in [0.15, 0.2) is 0 Å². The SMILES string of the molecule is CN(CCN1CCC(OC(=O)Nc2ccccc2-c2ccccc2)CC1)C(=O)CCCCCNc1cccc(C(=O)O)c1. The van der Waals surface area contributed by atoms with E-state index in [1.807, 2.05) is 67.7 Å². The molecule has 0 unspecified atom stereocenters. The number of aromatic carboxylic acids is 1. The Morgan fingerprint density at radius 3 is 2.44 bits per heavy atom. The van der Waals surface area contributed by atoms with Crippen molar-refractivity contribution < 1.29 is 24.2 Å². The number of nitrogens with one attached hydrogen (secondary N) is 2. The van der Waals surface area contributed by atoms with Gasteiger partial charge < -0.3 is 25.0 Å². The van der Waals surface area contributed by atoms with Crippen LogP contribution in [-0.2, 0) is 9.53 Å². The molecule has 1 fully saturated rings. The summed E-state index contributed by atoms with van der Waals surface area (Å²) in [6, 6.07) is 24.4. The molecule has 9 nitrogen and oxygen atoms in total. The molecule has 3 N–H and O–H groups in total. The van der Waals surface area contributed by atoms with Gasteiger partial charge in [0.05, 0.1) is 11.3 Å². The minimum atomic E-state index is -0.939. The van der Waals surface area contributed by atoms with E-state index in [0.29, 0.717) is 13.0 Å². The van der Waals surface area contributed by atoms with Crippen LogP contribution in [0.3, 0.4) is 0 Å². The highest BCUT2D eigenvalue weighted by molar-refractivity contribution is 5.91. The van der Waals surface area contributed by atoms with Gasteiger partial charge in [-0.2, -0.15) is 0 Å². The van der Waals surface area contributed by atoms with Gasteiger partial charge in [-0.25, -0.2) is 9.59 Å². The molecule has 9 heteroatoms. The number of likely N-dealkylation sites (N-methyl/N-ethyl adjacent to an activating group) is 1. The van der Waals surface area contributed by atoms with Crippen molar-refractivity contribution in [2.24, 2.45) is 0 Å². The van der Waals surface area contributed by atoms with E-state index in [0.717, 1.165) is 80.8 Å². The first-order valence-electron chi connectivity index (χ1n) is 15.0. The summed E-state index contributed by atoms with van der Waals surface area (Å²) in [5, 5.41) is 15.3. The van der Waals surface area contributed by atoms with Crippen LogP contribution in [0.1, 0.15) is 48.9 Å². The highest BCUT2D eigenvalue weighted by Gasteiger charge is 2.23. The van der Waals surface area contributed by atoms with Crippen LogP contribution in [0.5, 0.6) is 0 Å². The summed E-state index contributed by atoms with van der Waals surface area (Å²) in [5.74, 6) is -0.792. The van der Waals surface area contributed by atoms with Crippen LogP contribution in [0.15, 0.2) is 78.9 Å². The first-order valence-corrected chi connectivity index (χ1v) is 15.0. The first-order chi connectivity index (χ1) is 20.9. The maximum atomic E-state index is 12.7. The normalized spacial score (nSPS) is 13.7. The fraction of sp³-hybridized carbons (Fsp3) is 0.382. The number of amides is 2. The van der Waals surface area contributed by atoms with Crippen LogP contribution in [-0.4, -0.2) is 78.8 Å². The Morgan fingerprint density at radius 2 is 1.67 bits per heavy atom. The van der Waals surface area contributed by atoms with Gasteiger partial charge in [-0.05, 0) is 55.5 Å². The molecule has 1 saturated heterocycles. The summed E-state index contributed by atoms with van der Waals surface area (Å²) >= 11 is 0. The van der Waals surface area contributed by atoms with E-state index in [1.165, 1.54) is 0 Å². The highest BCUT2D eigenvalue weighted by atomic mass is 16.6. The predicted octanol–water partition coefficient (Wildman–Crippen LogP) is 6.20. The third kappa shape index (κ3) is 10.1.